The van der Waals surface area contributed by atoms with E-state index in [1.54, 1.807) is 13.3 Å². The van der Waals surface area contributed by atoms with Crippen LogP contribution >= 0.6 is 9.24 Å². The van der Waals surface area contributed by atoms with Gasteiger partial charge in [-0.3, -0.25) is 4.98 Å². The highest BCUT2D eigenvalue weighted by Gasteiger charge is 2.00. The summed E-state index contributed by atoms with van der Waals surface area (Å²) in [5, 5.41) is 1.13. The minimum Gasteiger partial charge on any atom is -0.497 e. The molecule has 3 heteroatoms. The molecule has 1 unspecified atom stereocenters. The van der Waals surface area contributed by atoms with Crippen LogP contribution in [-0.4, -0.2) is 12.1 Å². The summed E-state index contributed by atoms with van der Waals surface area (Å²) in [6, 6.07) is 11.9. The lowest BCUT2D eigenvalue weighted by atomic mass is 10.1. The second-order valence-corrected chi connectivity index (χ2v) is 3.87. The molecule has 0 bridgehead atoms. The highest BCUT2D eigenvalue weighted by atomic mass is 31.0. The first kappa shape index (κ1) is 10.1. The van der Waals surface area contributed by atoms with Crippen molar-refractivity contribution in [1.29, 1.82) is 0 Å². The van der Waals surface area contributed by atoms with E-state index in [1.807, 2.05) is 36.4 Å². The van der Waals surface area contributed by atoms with Crippen LogP contribution in [0.15, 0.2) is 42.6 Å². The fourth-order valence-electron chi connectivity index (χ4n) is 1.39. The smallest absolute Gasteiger partial charge is 0.119 e. The lowest BCUT2D eigenvalue weighted by Gasteiger charge is -2.04. The van der Waals surface area contributed by atoms with Crippen molar-refractivity contribution in [3.05, 3.63) is 42.6 Å². The molecule has 0 radical (unpaired) electrons. The average molecular weight is 217 g/mol. The molecule has 0 spiro atoms. The summed E-state index contributed by atoms with van der Waals surface area (Å²) in [5.74, 6) is 0.850. The van der Waals surface area contributed by atoms with E-state index in [0.717, 1.165) is 22.3 Å². The average Bonchev–Trinajstić information content (AvgIpc) is 2.29. The third-order valence-electron chi connectivity index (χ3n) is 2.15. The fraction of sp³-hybridized carbons (Fsp3) is 0.0833. The van der Waals surface area contributed by atoms with Gasteiger partial charge in [0, 0.05) is 11.8 Å². The van der Waals surface area contributed by atoms with Gasteiger partial charge in [-0.1, -0.05) is 12.1 Å². The summed E-state index contributed by atoms with van der Waals surface area (Å²) in [5.41, 5.74) is 2.03. The largest absolute Gasteiger partial charge is 0.497 e. The van der Waals surface area contributed by atoms with Gasteiger partial charge in [0.05, 0.1) is 12.8 Å². The molecule has 0 fully saturated rings. The van der Waals surface area contributed by atoms with Crippen LogP contribution in [0.2, 0.25) is 0 Å². The number of hydrogen-bond donors (Lipinski definition) is 0. The highest BCUT2D eigenvalue weighted by molar-refractivity contribution is 7.27. The SMILES string of the molecule is COc1cccc(-c2cc(P)ccn2)c1. The minimum absolute atomic E-state index is 0.850. The number of ether oxygens (including phenoxy) is 1. The van der Waals surface area contributed by atoms with Crippen molar-refractivity contribution in [2.75, 3.05) is 7.11 Å². The molecule has 1 aromatic heterocycles. The standard InChI is InChI=1S/C12H12NOP/c1-14-10-4-2-3-9(7-10)12-8-11(15)5-6-13-12/h2-8H,15H2,1H3. The molecule has 0 aliphatic carbocycles. The van der Waals surface area contributed by atoms with Gasteiger partial charge in [0.2, 0.25) is 0 Å². The van der Waals surface area contributed by atoms with Crippen LogP contribution in [0.25, 0.3) is 11.3 Å². The Morgan fingerprint density at radius 2 is 2.07 bits per heavy atom. The molecule has 0 N–H and O–H groups in total. The van der Waals surface area contributed by atoms with Gasteiger partial charge in [-0.25, -0.2) is 0 Å². The zero-order valence-electron chi connectivity index (χ0n) is 8.47. The Kier molecular flexibility index (Phi) is 2.98. The molecule has 0 amide bonds. The second kappa shape index (κ2) is 4.41. The van der Waals surface area contributed by atoms with Crippen molar-refractivity contribution in [2.45, 2.75) is 0 Å². The Balaban J connectivity index is 2.44. The molecular formula is C12H12NOP. The lowest BCUT2D eigenvalue weighted by Crippen LogP contribution is -1.93. The van der Waals surface area contributed by atoms with Crippen LogP contribution < -0.4 is 10.0 Å². The minimum atomic E-state index is 0.850. The summed E-state index contributed by atoms with van der Waals surface area (Å²) in [6.07, 6.45) is 1.80. The third kappa shape index (κ3) is 2.34. The number of rotatable bonds is 2. The molecule has 0 aliphatic heterocycles. The summed E-state index contributed by atoms with van der Waals surface area (Å²) < 4.78 is 5.17. The maximum Gasteiger partial charge on any atom is 0.119 e. The normalized spacial score (nSPS) is 10.0. The van der Waals surface area contributed by atoms with E-state index in [0.29, 0.717) is 0 Å². The highest BCUT2D eigenvalue weighted by Crippen LogP contribution is 2.21. The number of nitrogens with zero attached hydrogens (tertiary/aromatic N) is 1. The molecule has 2 rings (SSSR count). The molecule has 0 aliphatic rings. The maximum atomic E-state index is 5.17. The number of benzene rings is 1. The number of methoxy groups -OCH3 is 1. The van der Waals surface area contributed by atoms with E-state index in [2.05, 4.69) is 14.2 Å². The molecule has 2 nitrogen and oxygen atoms in total. The monoisotopic (exact) mass is 217 g/mol. The van der Waals surface area contributed by atoms with Crippen LogP contribution in [-0.2, 0) is 0 Å². The third-order valence-corrected chi connectivity index (χ3v) is 2.51. The molecule has 2 aromatic rings. The summed E-state index contributed by atoms with van der Waals surface area (Å²) in [4.78, 5) is 4.32. The lowest BCUT2D eigenvalue weighted by molar-refractivity contribution is 0.415. The molecule has 15 heavy (non-hydrogen) atoms. The van der Waals surface area contributed by atoms with Crippen molar-refractivity contribution in [3.8, 4) is 17.0 Å². The topological polar surface area (TPSA) is 22.1 Å². The molecule has 0 saturated heterocycles. The Hall–Kier alpha value is -1.40. The molecule has 1 heterocycles. The zero-order valence-corrected chi connectivity index (χ0v) is 9.63. The van der Waals surface area contributed by atoms with E-state index in [4.69, 9.17) is 4.74 Å². The van der Waals surface area contributed by atoms with E-state index in [9.17, 15) is 0 Å². The van der Waals surface area contributed by atoms with E-state index >= 15 is 0 Å². The van der Waals surface area contributed by atoms with Gasteiger partial charge in [0.15, 0.2) is 0 Å². The predicted octanol–water partition coefficient (Wildman–Crippen LogP) is 2.26. The van der Waals surface area contributed by atoms with Crippen molar-refractivity contribution in [3.63, 3.8) is 0 Å². The Labute approximate surface area is 91.5 Å². The summed E-state index contributed by atoms with van der Waals surface area (Å²) >= 11 is 0. The van der Waals surface area contributed by atoms with Gasteiger partial charge in [-0.15, -0.1) is 9.24 Å². The van der Waals surface area contributed by atoms with Crippen LogP contribution in [0, 0.1) is 0 Å². The molecule has 76 valence electrons. The van der Waals surface area contributed by atoms with Crippen molar-refractivity contribution < 1.29 is 4.74 Å². The first-order chi connectivity index (χ1) is 7.29. The Bertz CT molecular complexity index is 471. The van der Waals surface area contributed by atoms with E-state index in [-0.39, 0.29) is 0 Å². The molecular weight excluding hydrogens is 205 g/mol. The fourth-order valence-corrected chi connectivity index (χ4v) is 1.63. The van der Waals surface area contributed by atoms with Gasteiger partial charge in [-0.2, -0.15) is 0 Å². The van der Waals surface area contributed by atoms with Crippen LogP contribution in [0.5, 0.6) is 5.75 Å². The summed E-state index contributed by atoms with van der Waals surface area (Å²) in [6.45, 7) is 0. The first-order valence-electron chi connectivity index (χ1n) is 4.65. The first-order valence-corrected chi connectivity index (χ1v) is 5.23. The maximum absolute atomic E-state index is 5.17. The van der Waals surface area contributed by atoms with Gasteiger partial charge >= 0.3 is 0 Å². The van der Waals surface area contributed by atoms with Crippen LogP contribution in [0.4, 0.5) is 0 Å². The molecule has 1 atom stereocenters. The Morgan fingerprint density at radius 3 is 2.80 bits per heavy atom. The van der Waals surface area contributed by atoms with Gasteiger partial charge in [-0.05, 0) is 29.6 Å². The van der Waals surface area contributed by atoms with Crippen molar-refractivity contribution in [1.82, 2.24) is 4.98 Å². The Morgan fingerprint density at radius 1 is 1.20 bits per heavy atom. The number of pyridine rings is 1. The van der Waals surface area contributed by atoms with Crippen molar-refractivity contribution in [2.24, 2.45) is 0 Å². The van der Waals surface area contributed by atoms with Gasteiger partial charge in [0.1, 0.15) is 5.75 Å². The van der Waals surface area contributed by atoms with Gasteiger partial charge < -0.3 is 4.74 Å². The molecule has 1 aromatic carbocycles. The molecule has 0 saturated carbocycles. The number of hydrogen-bond acceptors (Lipinski definition) is 2. The van der Waals surface area contributed by atoms with E-state index < -0.39 is 0 Å². The zero-order chi connectivity index (χ0) is 10.7. The summed E-state index contributed by atoms with van der Waals surface area (Å²) in [7, 11) is 4.33. The van der Waals surface area contributed by atoms with Gasteiger partial charge in [0.25, 0.3) is 0 Å². The van der Waals surface area contributed by atoms with Crippen molar-refractivity contribution >= 4 is 14.5 Å². The quantitative estimate of drug-likeness (QED) is 0.720. The number of aromatic nitrogens is 1. The second-order valence-electron chi connectivity index (χ2n) is 3.21. The van der Waals surface area contributed by atoms with Crippen LogP contribution in [0.3, 0.4) is 0 Å². The van der Waals surface area contributed by atoms with E-state index in [1.165, 1.54) is 0 Å². The van der Waals surface area contributed by atoms with Crippen LogP contribution in [0.1, 0.15) is 0 Å². The predicted molar refractivity (Wildman–Crippen MR) is 65.6 cm³/mol.